The van der Waals surface area contributed by atoms with E-state index in [0.717, 1.165) is 6.42 Å². The van der Waals surface area contributed by atoms with Crippen molar-refractivity contribution in [2.75, 3.05) is 26.1 Å². The second-order valence-corrected chi connectivity index (χ2v) is 4.68. The fourth-order valence-corrected chi connectivity index (χ4v) is 1.74. The quantitative estimate of drug-likeness (QED) is 0.716. The van der Waals surface area contributed by atoms with Crippen LogP contribution >= 0.6 is 0 Å². The van der Waals surface area contributed by atoms with E-state index >= 15 is 0 Å². The summed E-state index contributed by atoms with van der Waals surface area (Å²) in [5.41, 5.74) is 0.538. The highest BCUT2D eigenvalue weighted by Crippen LogP contribution is 2.29. The molecule has 1 aromatic carbocycles. The number of ether oxygens (including phenoxy) is 2. The van der Waals surface area contributed by atoms with E-state index in [1.54, 1.807) is 25.1 Å². The lowest BCUT2D eigenvalue weighted by atomic mass is 10.2. The van der Waals surface area contributed by atoms with Crippen molar-refractivity contribution in [1.29, 1.82) is 0 Å². The van der Waals surface area contributed by atoms with Gasteiger partial charge in [-0.05, 0) is 25.5 Å². The Hall–Kier alpha value is -2.44. The van der Waals surface area contributed by atoms with Gasteiger partial charge in [0.15, 0.2) is 11.5 Å². The summed E-state index contributed by atoms with van der Waals surface area (Å²) < 4.78 is 10.3. The van der Waals surface area contributed by atoms with Crippen LogP contribution in [-0.4, -0.2) is 38.7 Å². The van der Waals surface area contributed by atoms with E-state index in [1.807, 2.05) is 6.92 Å². The summed E-state index contributed by atoms with van der Waals surface area (Å²) in [5, 5.41) is 7.93. The summed E-state index contributed by atoms with van der Waals surface area (Å²) in [6.45, 7) is 4.17. The van der Waals surface area contributed by atoms with Crippen molar-refractivity contribution in [3.63, 3.8) is 0 Å². The normalized spacial score (nSPS) is 11.3. The van der Waals surface area contributed by atoms with Crippen LogP contribution in [0.2, 0.25) is 0 Å². The van der Waals surface area contributed by atoms with E-state index in [1.165, 1.54) is 14.2 Å². The molecule has 0 heterocycles. The predicted octanol–water partition coefficient (Wildman–Crippen LogP) is 1.74. The molecule has 7 heteroatoms. The van der Waals surface area contributed by atoms with Gasteiger partial charge in [0.1, 0.15) is 6.04 Å². The van der Waals surface area contributed by atoms with Crippen LogP contribution in [0.4, 0.5) is 10.5 Å². The van der Waals surface area contributed by atoms with Crippen molar-refractivity contribution in [2.45, 2.75) is 26.3 Å². The lowest BCUT2D eigenvalue weighted by Gasteiger charge is -2.15. The lowest BCUT2D eigenvalue weighted by molar-refractivity contribution is -0.122. The van der Waals surface area contributed by atoms with Gasteiger partial charge in [-0.15, -0.1) is 0 Å². The molecule has 0 saturated heterocycles. The van der Waals surface area contributed by atoms with Crippen molar-refractivity contribution >= 4 is 17.6 Å². The number of methoxy groups -OCH3 is 2. The smallest absolute Gasteiger partial charge is 0.319 e. The molecular formula is C15H23N3O4. The molecule has 0 aliphatic heterocycles. The fourth-order valence-electron chi connectivity index (χ4n) is 1.74. The van der Waals surface area contributed by atoms with E-state index in [9.17, 15) is 9.59 Å². The van der Waals surface area contributed by atoms with Gasteiger partial charge < -0.3 is 25.4 Å². The summed E-state index contributed by atoms with van der Waals surface area (Å²) in [5.74, 6) is 0.860. The molecule has 122 valence electrons. The summed E-state index contributed by atoms with van der Waals surface area (Å²) in [7, 11) is 3.05. The molecule has 1 aromatic rings. The summed E-state index contributed by atoms with van der Waals surface area (Å²) in [6.07, 6.45) is 0.844. The van der Waals surface area contributed by atoms with Gasteiger partial charge in [0.25, 0.3) is 0 Å². The van der Waals surface area contributed by atoms with Crippen LogP contribution in [0.5, 0.6) is 11.5 Å². The topological polar surface area (TPSA) is 88.7 Å². The van der Waals surface area contributed by atoms with Crippen molar-refractivity contribution in [1.82, 2.24) is 10.6 Å². The molecule has 1 atom stereocenters. The average Bonchev–Trinajstić information content (AvgIpc) is 2.52. The van der Waals surface area contributed by atoms with Crippen LogP contribution in [0, 0.1) is 0 Å². The van der Waals surface area contributed by atoms with Crippen molar-refractivity contribution in [3.05, 3.63) is 18.2 Å². The van der Waals surface area contributed by atoms with Crippen molar-refractivity contribution < 1.29 is 19.1 Å². The Bertz CT molecular complexity index is 520. The Kier molecular flexibility index (Phi) is 7.01. The molecule has 7 nitrogen and oxygen atoms in total. The first kappa shape index (κ1) is 17.6. The predicted molar refractivity (Wildman–Crippen MR) is 84.5 cm³/mol. The van der Waals surface area contributed by atoms with Crippen LogP contribution in [0.15, 0.2) is 18.2 Å². The van der Waals surface area contributed by atoms with Crippen molar-refractivity contribution in [3.8, 4) is 11.5 Å². The highest BCUT2D eigenvalue weighted by Gasteiger charge is 2.15. The van der Waals surface area contributed by atoms with E-state index in [4.69, 9.17) is 9.47 Å². The second kappa shape index (κ2) is 8.76. The maximum Gasteiger partial charge on any atom is 0.319 e. The molecule has 0 unspecified atom stereocenters. The zero-order chi connectivity index (χ0) is 16.5. The van der Waals surface area contributed by atoms with Crippen molar-refractivity contribution in [2.24, 2.45) is 0 Å². The molecule has 0 spiro atoms. The number of hydrogen-bond donors (Lipinski definition) is 3. The number of carbonyl (C=O) groups excluding carboxylic acids is 2. The van der Waals surface area contributed by atoms with Gasteiger partial charge in [-0.3, -0.25) is 4.79 Å². The molecule has 3 amide bonds. The SMILES string of the molecule is CCCNC(=O)[C@@H](C)NC(=O)Nc1ccc(OC)c(OC)c1. The van der Waals surface area contributed by atoms with Crippen LogP contribution in [0.25, 0.3) is 0 Å². The Balaban J connectivity index is 2.59. The molecule has 0 aliphatic rings. The first-order valence-electron chi connectivity index (χ1n) is 7.09. The van der Waals surface area contributed by atoms with Gasteiger partial charge in [0, 0.05) is 18.3 Å². The molecule has 0 saturated carbocycles. The molecule has 0 bridgehead atoms. The lowest BCUT2D eigenvalue weighted by Crippen LogP contribution is -2.46. The third kappa shape index (κ3) is 5.16. The summed E-state index contributed by atoms with van der Waals surface area (Å²) in [4.78, 5) is 23.6. The van der Waals surface area contributed by atoms with Gasteiger partial charge in [-0.2, -0.15) is 0 Å². The van der Waals surface area contributed by atoms with Crippen LogP contribution in [0.3, 0.4) is 0 Å². The number of carbonyl (C=O) groups is 2. The van der Waals surface area contributed by atoms with Crippen LogP contribution < -0.4 is 25.4 Å². The Labute approximate surface area is 130 Å². The first-order chi connectivity index (χ1) is 10.5. The largest absolute Gasteiger partial charge is 0.493 e. The van der Waals surface area contributed by atoms with Crippen LogP contribution in [0.1, 0.15) is 20.3 Å². The minimum absolute atomic E-state index is 0.218. The molecule has 3 N–H and O–H groups in total. The van der Waals surface area contributed by atoms with Gasteiger partial charge in [-0.25, -0.2) is 4.79 Å². The van der Waals surface area contributed by atoms with Crippen LogP contribution in [-0.2, 0) is 4.79 Å². The van der Waals surface area contributed by atoms with Gasteiger partial charge in [0.2, 0.25) is 5.91 Å². The molecule has 0 fully saturated rings. The number of anilines is 1. The number of nitrogens with one attached hydrogen (secondary N) is 3. The third-order valence-corrected chi connectivity index (χ3v) is 2.93. The second-order valence-electron chi connectivity index (χ2n) is 4.68. The highest BCUT2D eigenvalue weighted by molar-refractivity contribution is 5.93. The van der Waals surface area contributed by atoms with Gasteiger partial charge >= 0.3 is 6.03 Å². The average molecular weight is 309 g/mol. The standard InChI is InChI=1S/C15H23N3O4/c1-5-8-16-14(19)10(2)17-15(20)18-11-6-7-12(21-3)13(9-11)22-4/h6-7,9-10H,5,8H2,1-4H3,(H,16,19)(H2,17,18,20)/t10-/m1/s1. The van der Waals surface area contributed by atoms with E-state index in [0.29, 0.717) is 23.7 Å². The first-order valence-corrected chi connectivity index (χ1v) is 7.09. The van der Waals surface area contributed by atoms with Gasteiger partial charge in [0.05, 0.1) is 14.2 Å². The Morgan fingerprint density at radius 1 is 1.18 bits per heavy atom. The fraction of sp³-hybridized carbons (Fsp3) is 0.467. The molecule has 0 aromatic heterocycles. The molecule has 1 rings (SSSR count). The van der Waals surface area contributed by atoms with E-state index in [-0.39, 0.29) is 5.91 Å². The minimum atomic E-state index is -0.619. The Morgan fingerprint density at radius 3 is 2.45 bits per heavy atom. The number of rotatable bonds is 7. The Morgan fingerprint density at radius 2 is 1.86 bits per heavy atom. The van der Waals surface area contributed by atoms with E-state index in [2.05, 4.69) is 16.0 Å². The number of urea groups is 1. The molecule has 0 radical (unpaired) electrons. The maximum atomic E-state index is 11.9. The van der Waals surface area contributed by atoms with Gasteiger partial charge in [-0.1, -0.05) is 6.92 Å². The third-order valence-electron chi connectivity index (χ3n) is 2.93. The summed E-state index contributed by atoms with van der Waals surface area (Å²) >= 11 is 0. The zero-order valence-electron chi connectivity index (χ0n) is 13.4. The van der Waals surface area contributed by atoms with E-state index < -0.39 is 12.1 Å². The molecular weight excluding hydrogens is 286 g/mol. The number of benzene rings is 1. The molecule has 22 heavy (non-hydrogen) atoms. The highest BCUT2D eigenvalue weighted by atomic mass is 16.5. The number of amides is 3. The monoisotopic (exact) mass is 309 g/mol. The zero-order valence-corrected chi connectivity index (χ0v) is 13.4. The minimum Gasteiger partial charge on any atom is -0.493 e. The molecule has 0 aliphatic carbocycles. The number of hydrogen-bond acceptors (Lipinski definition) is 4. The summed E-state index contributed by atoms with van der Waals surface area (Å²) in [6, 6.07) is 3.92. The maximum absolute atomic E-state index is 11.9.